The van der Waals surface area contributed by atoms with E-state index in [2.05, 4.69) is 20.4 Å². The molecule has 1 N–H and O–H groups in total. The lowest BCUT2D eigenvalue weighted by molar-refractivity contribution is 0.0949. The van der Waals surface area contributed by atoms with Crippen LogP contribution in [-0.2, 0) is 13.6 Å². The molecule has 0 spiro atoms. The van der Waals surface area contributed by atoms with Crippen LogP contribution in [0.2, 0.25) is 0 Å². The second-order valence-electron chi connectivity index (χ2n) is 5.70. The Morgan fingerprint density at radius 2 is 2.04 bits per heavy atom. The zero-order valence-corrected chi connectivity index (χ0v) is 15.0. The summed E-state index contributed by atoms with van der Waals surface area (Å²) in [6.07, 6.45) is 5.69. The molecule has 0 bridgehead atoms. The molecule has 4 rings (SSSR count). The summed E-state index contributed by atoms with van der Waals surface area (Å²) in [6, 6.07) is 7.63. The van der Waals surface area contributed by atoms with Gasteiger partial charge in [-0.2, -0.15) is 4.98 Å². The summed E-state index contributed by atoms with van der Waals surface area (Å²) >= 11 is 1.34. The number of nitrogens with one attached hydrogen (secondary N) is 1. The van der Waals surface area contributed by atoms with Crippen molar-refractivity contribution in [1.82, 2.24) is 29.6 Å². The van der Waals surface area contributed by atoms with Crippen LogP contribution in [0.1, 0.15) is 21.3 Å². The summed E-state index contributed by atoms with van der Waals surface area (Å²) in [7, 11) is 1.90. The molecular weight excluding hydrogens is 352 g/mol. The van der Waals surface area contributed by atoms with Gasteiger partial charge >= 0.3 is 0 Å². The maximum Gasteiger partial charge on any atom is 0.263 e. The number of carbonyl (C=O) groups is 1. The van der Waals surface area contributed by atoms with Crippen molar-refractivity contribution in [2.45, 2.75) is 13.5 Å². The van der Waals surface area contributed by atoms with Crippen molar-refractivity contribution in [2.24, 2.45) is 7.05 Å². The molecule has 8 nitrogen and oxygen atoms in total. The van der Waals surface area contributed by atoms with Crippen molar-refractivity contribution >= 4 is 17.2 Å². The lowest BCUT2D eigenvalue weighted by Crippen LogP contribution is -2.22. The third kappa shape index (κ3) is 3.04. The number of rotatable bonds is 5. The molecule has 0 saturated carbocycles. The molecule has 0 aromatic carbocycles. The van der Waals surface area contributed by atoms with E-state index < -0.39 is 0 Å². The summed E-state index contributed by atoms with van der Waals surface area (Å²) in [5, 5.41) is 7.51. The Labute approximate surface area is 153 Å². The Bertz CT molecular complexity index is 1040. The lowest BCUT2D eigenvalue weighted by atomic mass is 10.3. The highest BCUT2D eigenvalue weighted by Gasteiger charge is 2.17. The maximum atomic E-state index is 12.5. The van der Waals surface area contributed by atoms with Gasteiger partial charge in [0.25, 0.3) is 5.91 Å². The number of aryl methyl sites for hydroxylation is 2. The topological polar surface area (TPSA) is 90.8 Å². The first kappa shape index (κ1) is 16.3. The van der Waals surface area contributed by atoms with Gasteiger partial charge in [0.15, 0.2) is 5.13 Å². The maximum absolute atomic E-state index is 12.5. The van der Waals surface area contributed by atoms with Gasteiger partial charge in [-0.1, -0.05) is 16.5 Å². The van der Waals surface area contributed by atoms with Crippen molar-refractivity contribution in [3.05, 3.63) is 59.3 Å². The van der Waals surface area contributed by atoms with E-state index in [1.54, 1.807) is 0 Å². The monoisotopic (exact) mass is 368 g/mol. The second kappa shape index (κ2) is 6.60. The molecule has 4 aromatic rings. The van der Waals surface area contributed by atoms with E-state index in [4.69, 9.17) is 4.52 Å². The van der Waals surface area contributed by atoms with Gasteiger partial charge in [0.2, 0.25) is 11.7 Å². The number of thiazole rings is 1. The molecule has 26 heavy (non-hydrogen) atoms. The highest BCUT2D eigenvalue weighted by molar-refractivity contribution is 7.16. The summed E-state index contributed by atoms with van der Waals surface area (Å²) < 4.78 is 8.99. The Hall–Kier alpha value is -3.20. The predicted molar refractivity (Wildman–Crippen MR) is 96.1 cm³/mol. The molecule has 0 aliphatic carbocycles. The van der Waals surface area contributed by atoms with Crippen molar-refractivity contribution < 1.29 is 9.32 Å². The minimum Gasteiger partial charge on any atom is -0.348 e. The van der Waals surface area contributed by atoms with E-state index in [1.807, 2.05) is 66.0 Å². The van der Waals surface area contributed by atoms with Crippen LogP contribution < -0.4 is 5.32 Å². The fourth-order valence-electron chi connectivity index (χ4n) is 2.53. The highest BCUT2D eigenvalue weighted by Crippen LogP contribution is 2.22. The number of hydrogen-bond acceptors (Lipinski definition) is 6. The summed E-state index contributed by atoms with van der Waals surface area (Å²) in [5.74, 6) is 0.630. The molecule has 0 unspecified atom stereocenters. The predicted octanol–water partition coefficient (Wildman–Crippen LogP) is 2.56. The van der Waals surface area contributed by atoms with Gasteiger partial charge in [-0.3, -0.25) is 4.79 Å². The number of nitrogens with zero attached hydrogens (tertiary/aromatic N) is 5. The number of aromatic nitrogens is 5. The molecule has 0 radical (unpaired) electrons. The smallest absolute Gasteiger partial charge is 0.263 e. The van der Waals surface area contributed by atoms with Crippen LogP contribution in [0.3, 0.4) is 0 Å². The normalized spacial score (nSPS) is 11.0. The molecule has 4 heterocycles. The average Bonchev–Trinajstić information content (AvgIpc) is 3.39. The van der Waals surface area contributed by atoms with E-state index >= 15 is 0 Å². The average molecular weight is 368 g/mol. The van der Waals surface area contributed by atoms with Crippen LogP contribution >= 0.6 is 11.3 Å². The van der Waals surface area contributed by atoms with Gasteiger partial charge in [0.05, 0.1) is 17.9 Å². The van der Waals surface area contributed by atoms with Crippen molar-refractivity contribution in [2.75, 3.05) is 0 Å². The summed E-state index contributed by atoms with van der Waals surface area (Å²) in [6.45, 7) is 1.98. The van der Waals surface area contributed by atoms with Gasteiger partial charge in [-0.15, -0.1) is 0 Å². The van der Waals surface area contributed by atoms with Crippen LogP contribution in [0.25, 0.3) is 16.6 Å². The quantitative estimate of drug-likeness (QED) is 0.585. The minimum absolute atomic E-state index is 0.159. The Balaban J connectivity index is 1.45. The highest BCUT2D eigenvalue weighted by atomic mass is 32.1. The van der Waals surface area contributed by atoms with Crippen molar-refractivity contribution in [3.8, 4) is 16.6 Å². The van der Waals surface area contributed by atoms with Crippen LogP contribution in [-0.4, -0.2) is 30.2 Å². The Kier molecular flexibility index (Phi) is 4.13. The number of carbonyl (C=O) groups excluding carboxylic acids is 1. The van der Waals surface area contributed by atoms with Gasteiger partial charge in [-0.05, 0) is 31.2 Å². The van der Waals surface area contributed by atoms with Crippen LogP contribution in [0, 0.1) is 6.92 Å². The van der Waals surface area contributed by atoms with Crippen LogP contribution in [0.5, 0.6) is 0 Å². The zero-order valence-electron chi connectivity index (χ0n) is 14.2. The molecule has 0 atom stereocenters. The molecule has 9 heteroatoms. The number of amides is 1. The van der Waals surface area contributed by atoms with Crippen molar-refractivity contribution in [1.29, 1.82) is 0 Å². The molecule has 1 amide bonds. The molecular formula is C17H16N6O2S. The third-order valence-corrected chi connectivity index (χ3v) is 5.03. The van der Waals surface area contributed by atoms with Crippen molar-refractivity contribution in [3.63, 3.8) is 0 Å². The molecule has 0 fully saturated rings. The fraction of sp³-hybridized carbons (Fsp3) is 0.176. The largest absolute Gasteiger partial charge is 0.348 e. The van der Waals surface area contributed by atoms with Crippen LogP contribution in [0.4, 0.5) is 0 Å². The van der Waals surface area contributed by atoms with Crippen LogP contribution in [0.15, 0.2) is 47.4 Å². The Morgan fingerprint density at radius 1 is 1.23 bits per heavy atom. The van der Waals surface area contributed by atoms with Gasteiger partial charge in [-0.25, -0.2) is 4.98 Å². The molecule has 132 valence electrons. The Morgan fingerprint density at radius 3 is 2.77 bits per heavy atom. The van der Waals surface area contributed by atoms with Gasteiger partial charge in [0.1, 0.15) is 4.88 Å². The molecule has 0 aliphatic rings. The standard InChI is InChI=1S/C17H16N6O2S/c1-11-14(26-17(19-11)23-8-3-4-9-23)16(24)18-10-13-20-15(21-25-13)12-6-5-7-22(12)2/h3-9H,10H2,1-2H3,(H,18,24). The van der Waals surface area contributed by atoms with E-state index in [-0.39, 0.29) is 12.5 Å². The van der Waals surface area contributed by atoms with E-state index in [1.165, 1.54) is 11.3 Å². The SMILES string of the molecule is Cc1nc(-n2cccc2)sc1C(=O)NCc1nc(-c2cccn2C)no1. The summed E-state index contributed by atoms with van der Waals surface area (Å²) in [4.78, 5) is 21.8. The molecule has 0 saturated heterocycles. The number of hydrogen-bond donors (Lipinski definition) is 1. The lowest BCUT2D eigenvalue weighted by Gasteiger charge is -2.00. The fourth-order valence-corrected chi connectivity index (χ4v) is 3.48. The first-order valence-electron chi connectivity index (χ1n) is 7.95. The first-order chi connectivity index (χ1) is 12.6. The second-order valence-corrected chi connectivity index (χ2v) is 6.68. The zero-order chi connectivity index (χ0) is 18.1. The van der Waals surface area contributed by atoms with E-state index in [0.717, 1.165) is 10.8 Å². The third-order valence-electron chi connectivity index (χ3n) is 3.86. The first-order valence-corrected chi connectivity index (χ1v) is 8.77. The summed E-state index contributed by atoms with van der Waals surface area (Å²) in [5.41, 5.74) is 1.53. The van der Waals surface area contributed by atoms with Gasteiger partial charge in [0, 0.05) is 25.6 Å². The van der Waals surface area contributed by atoms with E-state index in [0.29, 0.717) is 22.3 Å². The minimum atomic E-state index is -0.211. The van der Waals surface area contributed by atoms with Gasteiger partial charge < -0.3 is 19.0 Å². The molecule has 4 aromatic heterocycles. The molecule has 0 aliphatic heterocycles. The van der Waals surface area contributed by atoms with E-state index in [9.17, 15) is 4.79 Å².